The highest BCUT2D eigenvalue weighted by molar-refractivity contribution is 5.96. The van der Waals surface area contributed by atoms with Crippen LogP contribution >= 0.6 is 0 Å². The van der Waals surface area contributed by atoms with Crippen LogP contribution in [0.1, 0.15) is 41.9 Å². The van der Waals surface area contributed by atoms with E-state index in [0.29, 0.717) is 12.0 Å². The average Bonchev–Trinajstić information content (AvgIpc) is 3.26. The molecule has 4 heteroatoms. The van der Waals surface area contributed by atoms with Gasteiger partial charge in [-0.15, -0.1) is 0 Å². The molecule has 2 aromatic carbocycles. The second-order valence-corrected chi connectivity index (χ2v) is 7.06. The SMILES string of the molecule is C=Cc1ccc(N2c3ccc(C=C(C#N)C(=O)O)cc3C3CCCC32)cc1. The maximum absolute atomic E-state index is 11.1. The van der Waals surface area contributed by atoms with Crippen molar-refractivity contribution in [1.29, 1.82) is 5.26 Å². The first-order valence-electron chi connectivity index (χ1n) is 9.13. The minimum atomic E-state index is -1.19. The molecule has 0 radical (unpaired) electrons. The number of anilines is 2. The van der Waals surface area contributed by atoms with Gasteiger partial charge in [0.15, 0.2) is 0 Å². The van der Waals surface area contributed by atoms with Gasteiger partial charge in [-0.25, -0.2) is 4.79 Å². The van der Waals surface area contributed by atoms with Gasteiger partial charge in [0, 0.05) is 23.3 Å². The zero-order chi connectivity index (χ0) is 19.0. The molecule has 2 aliphatic rings. The van der Waals surface area contributed by atoms with E-state index in [-0.39, 0.29) is 5.57 Å². The van der Waals surface area contributed by atoms with Gasteiger partial charge in [0.25, 0.3) is 0 Å². The van der Waals surface area contributed by atoms with Crippen molar-refractivity contribution in [2.24, 2.45) is 0 Å². The topological polar surface area (TPSA) is 64.3 Å². The van der Waals surface area contributed by atoms with Crippen LogP contribution in [0.3, 0.4) is 0 Å². The van der Waals surface area contributed by atoms with Crippen molar-refractivity contribution in [3.63, 3.8) is 0 Å². The average molecular weight is 356 g/mol. The summed E-state index contributed by atoms with van der Waals surface area (Å²) in [5.74, 6) is -0.747. The summed E-state index contributed by atoms with van der Waals surface area (Å²) in [6.07, 6.45) is 6.76. The molecule has 4 rings (SSSR count). The minimum Gasteiger partial charge on any atom is -0.477 e. The fourth-order valence-corrected chi connectivity index (χ4v) is 4.38. The fourth-order valence-electron chi connectivity index (χ4n) is 4.38. The van der Waals surface area contributed by atoms with E-state index in [0.717, 1.165) is 24.0 Å². The Bertz CT molecular complexity index is 982. The van der Waals surface area contributed by atoms with Crippen LogP contribution in [0.4, 0.5) is 11.4 Å². The lowest BCUT2D eigenvalue weighted by Crippen LogP contribution is -2.26. The second kappa shape index (κ2) is 6.77. The molecule has 1 fully saturated rings. The Hall–Kier alpha value is -3.32. The van der Waals surface area contributed by atoms with Gasteiger partial charge in [-0.3, -0.25) is 0 Å². The molecule has 2 unspecified atom stereocenters. The van der Waals surface area contributed by atoms with Crippen molar-refractivity contribution in [2.45, 2.75) is 31.2 Å². The lowest BCUT2D eigenvalue weighted by atomic mass is 9.95. The fraction of sp³-hybridized carbons (Fsp3) is 0.217. The van der Waals surface area contributed by atoms with Gasteiger partial charge in [-0.2, -0.15) is 5.26 Å². The van der Waals surface area contributed by atoms with Gasteiger partial charge in [0.2, 0.25) is 0 Å². The summed E-state index contributed by atoms with van der Waals surface area (Å²) in [5, 5.41) is 18.1. The maximum Gasteiger partial charge on any atom is 0.346 e. The van der Waals surface area contributed by atoms with Crippen molar-refractivity contribution in [1.82, 2.24) is 0 Å². The first kappa shape index (κ1) is 17.1. The predicted octanol–water partition coefficient (Wildman–Crippen LogP) is 5.11. The number of carbonyl (C=O) groups is 1. The third-order valence-electron chi connectivity index (χ3n) is 5.59. The van der Waals surface area contributed by atoms with Crippen LogP contribution < -0.4 is 4.90 Å². The highest BCUT2D eigenvalue weighted by Crippen LogP contribution is 2.52. The smallest absolute Gasteiger partial charge is 0.346 e. The first-order valence-corrected chi connectivity index (χ1v) is 9.13. The monoisotopic (exact) mass is 356 g/mol. The van der Waals surface area contributed by atoms with Gasteiger partial charge in [-0.05, 0) is 59.9 Å². The number of aliphatic carboxylic acids is 1. The molecule has 0 amide bonds. The van der Waals surface area contributed by atoms with Crippen molar-refractivity contribution >= 4 is 29.5 Å². The molecule has 4 nitrogen and oxygen atoms in total. The van der Waals surface area contributed by atoms with Crippen LogP contribution in [0.25, 0.3) is 12.2 Å². The number of carboxylic acids is 1. The van der Waals surface area contributed by atoms with E-state index in [2.05, 4.69) is 47.9 Å². The number of hydrogen-bond donors (Lipinski definition) is 1. The highest BCUT2D eigenvalue weighted by Gasteiger charge is 2.42. The molecule has 0 aromatic heterocycles. The van der Waals surface area contributed by atoms with Crippen LogP contribution in [0, 0.1) is 11.3 Å². The number of carboxylic acid groups (broad SMARTS) is 1. The summed E-state index contributed by atoms with van der Waals surface area (Å²) in [6, 6.07) is 16.6. The molecule has 2 aromatic rings. The van der Waals surface area contributed by atoms with E-state index in [1.54, 1.807) is 6.07 Å². The molecule has 2 atom stereocenters. The summed E-state index contributed by atoms with van der Waals surface area (Å²) in [5.41, 5.74) is 5.22. The second-order valence-electron chi connectivity index (χ2n) is 7.06. The maximum atomic E-state index is 11.1. The van der Waals surface area contributed by atoms with E-state index in [1.807, 2.05) is 12.1 Å². The van der Waals surface area contributed by atoms with Gasteiger partial charge < -0.3 is 10.0 Å². The Kier molecular flexibility index (Phi) is 4.29. The summed E-state index contributed by atoms with van der Waals surface area (Å²) < 4.78 is 0. The van der Waals surface area contributed by atoms with Crippen LogP contribution in [0.2, 0.25) is 0 Å². The summed E-state index contributed by atoms with van der Waals surface area (Å²) in [4.78, 5) is 13.5. The molecular formula is C23H20N2O2. The Labute approximate surface area is 158 Å². The molecule has 1 heterocycles. The molecule has 0 saturated heterocycles. The lowest BCUT2D eigenvalue weighted by molar-refractivity contribution is -0.132. The molecule has 27 heavy (non-hydrogen) atoms. The highest BCUT2D eigenvalue weighted by atomic mass is 16.4. The van der Waals surface area contributed by atoms with Gasteiger partial charge in [0.1, 0.15) is 11.6 Å². The number of rotatable bonds is 4. The quantitative estimate of drug-likeness (QED) is 0.611. The van der Waals surface area contributed by atoms with Gasteiger partial charge in [-0.1, -0.05) is 37.3 Å². The van der Waals surface area contributed by atoms with Crippen LogP contribution in [-0.4, -0.2) is 17.1 Å². The van der Waals surface area contributed by atoms with Crippen LogP contribution in [0.15, 0.2) is 54.6 Å². The summed E-state index contributed by atoms with van der Waals surface area (Å²) in [7, 11) is 0. The third-order valence-corrected chi connectivity index (χ3v) is 5.59. The molecule has 1 aliphatic carbocycles. The van der Waals surface area contributed by atoms with Gasteiger partial charge in [0.05, 0.1) is 0 Å². The van der Waals surface area contributed by atoms with Crippen molar-refractivity contribution < 1.29 is 9.90 Å². The summed E-state index contributed by atoms with van der Waals surface area (Å²) in [6.45, 7) is 3.82. The number of benzene rings is 2. The Balaban J connectivity index is 1.77. The molecule has 1 N–H and O–H groups in total. The van der Waals surface area contributed by atoms with E-state index in [9.17, 15) is 4.79 Å². The van der Waals surface area contributed by atoms with Crippen molar-refractivity contribution in [3.05, 3.63) is 71.3 Å². The van der Waals surface area contributed by atoms with Gasteiger partial charge >= 0.3 is 5.97 Å². The first-order chi connectivity index (χ1) is 13.1. The molecule has 0 bridgehead atoms. The Morgan fingerprint density at radius 3 is 2.59 bits per heavy atom. The minimum absolute atomic E-state index is 0.243. The predicted molar refractivity (Wildman–Crippen MR) is 107 cm³/mol. The van der Waals surface area contributed by atoms with E-state index in [4.69, 9.17) is 10.4 Å². The molecule has 0 spiro atoms. The molecule has 1 aliphatic heterocycles. The summed E-state index contributed by atoms with van der Waals surface area (Å²) >= 11 is 0. The van der Waals surface area contributed by atoms with Crippen LogP contribution in [0.5, 0.6) is 0 Å². The van der Waals surface area contributed by atoms with Crippen molar-refractivity contribution in [2.75, 3.05) is 4.90 Å². The zero-order valence-electron chi connectivity index (χ0n) is 14.9. The largest absolute Gasteiger partial charge is 0.477 e. The van der Waals surface area contributed by atoms with Crippen LogP contribution in [-0.2, 0) is 4.79 Å². The Morgan fingerprint density at radius 1 is 1.19 bits per heavy atom. The van der Waals surface area contributed by atoms with Crippen molar-refractivity contribution in [3.8, 4) is 6.07 Å². The zero-order valence-corrected chi connectivity index (χ0v) is 14.9. The normalized spacial score (nSPS) is 20.7. The number of hydrogen-bond acceptors (Lipinski definition) is 3. The number of nitriles is 1. The molecule has 1 saturated carbocycles. The van der Waals surface area contributed by atoms with E-state index >= 15 is 0 Å². The Morgan fingerprint density at radius 2 is 1.93 bits per heavy atom. The molecule has 134 valence electrons. The van der Waals surface area contributed by atoms with E-state index in [1.165, 1.54) is 29.4 Å². The molecular weight excluding hydrogens is 336 g/mol. The number of fused-ring (bicyclic) bond motifs is 3. The van der Waals surface area contributed by atoms with E-state index < -0.39 is 5.97 Å². The standard InChI is InChI=1S/C23H20N2O2/c1-2-15-6-9-18(10-7-15)25-21-5-3-4-19(21)20-13-16(8-11-22(20)25)12-17(14-24)23(26)27/h2,6-13,19,21H,1,3-5H2,(H,26,27). The third kappa shape index (κ3) is 2.92. The lowest BCUT2D eigenvalue weighted by Gasteiger charge is -2.27. The number of nitrogens with zero attached hydrogens (tertiary/aromatic N) is 2.